The molecule has 0 bridgehead atoms. The Morgan fingerprint density at radius 3 is 1.91 bits per heavy atom. The molecule has 3 N–H and O–H groups in total. The van der Waals surface area contributed by atoms with E-state index in [9.17, 15) is 14.6 Å². The lowest BCUT2D eigenvalue weighted by Crippen LogP contribution is -3.23. The van der Waals surface area contributed by atoms with Crippen LogP contribution in [0.3, 0.4) is 0 Å². The van der Waals surface area contributed by atoms with E-state index in [1.807, 2.05) is 37.0 Å². The summed E-state index contributed by atoms with van der Waals surface area (Å²) in [6, 6.07) is -0.479. The molecule has 3 saturated heterocycles. The maximum atomic E-state index is 12.9. The number of hydrogen-bond acceptors (Lipinski definition) is 3. The fourth-order valence-electron chi connectivity index (χ4n) is 3.81. The van der Waals surface area contributed by atoms with Gasteiger partial charge in [-0.25, -0.2) is 14.1 Å². The highest BCUT2D eigenvalue weighted by Crippen LogP contribution is 2.56. The third-order valence-electron chi connectivity index (χ3n) is 4.94. The number of hydroxylamine groups is 2. The molecule has 8 nitrogen and oxygen atoms in total. The molecule has 3 rings (SSSR count). The number of carbonyl (C=O) groups is 1. The second-order valence-electron chi connectivity index (χ2n) is 8.24. The van der Waals surface area contributed by atoms with Gasteiger partial charge in [0.2, 0.25) is 0 Å². The molecule has 0 unspecified atom stereocenters. The number of rotatable bonds is 4. The van der Waals surface area contributed by atoms with E-state index in [0.717, 1.165) is 26.2 Å². The lowest BCUT2D eigenvalue weighted by molar-refractivity contribution is -0.955. The van der Waals surface area contributed by atoms with Gasteiger partial charge >= 0.3 is 13.6 Å². The molecule has 132 valence electrons. The van der Waals surface area contributed by atoms with Gasteiger partial charge < -0.3 is 15.6 Å². The zero-order valence-electron chi connectivity index (χ0n) is 14.4. The smallest absolute Gasteiger partial charge is 0.322 e. The molecule has 3 aliphatic rings. The standard InChI is InChI=1S/C14H28N5O3P/c1-13(2)9-11(10-14(3,4)19(13)21)15-12(20)16-23(22,17-5-6-17)18-7-8-18/h11,19H,5-10H2,1-4H3,(H2,15,16,20,22). The fourth-order valence-corrected chi connectivity index (χ4v) is 6.04. The number of carbonyl (C=O) groups excluding carboxylic acids is 1. The molecule has 0 aromatic carbocycles. The van der Waals surface area contributed by atoms with Crippen molar-refractivity contribution in [3.63, 3.8) is 0 Å². The van der Waals surface area contributed by atoms with Gasteiger partial charge in [-0.15, -0.1) is 0 Å². The second kappa shape index (κ2) is 5.43. The summed E-state index contributed by atoms with van der Waals surface area (Å²) in [6.45, 7) is 10.8. The normalized spacial score (nSPS) is 33.1. The predicted molar refractivity (Wildman–Crippen MR) is 87.9 cm³/mol. The zero-order chi connectivity index (χ0) is 17.0. The predicted octanol–water partition coefficient (Wildman–Crippen LogP) is 0.127. The van der Waals surface area contributed by atoms with Crippen molar-refractivity contribution in [3.05, 3.63) is 5.21 Å². The number of quaternary nitrogens is 1. The van der Waals surface area contributed by atoms with E-state index in [1.54, 1.807) is 0 Å². The molecule has 0 aromatic heterocycles. The van der Waals surface area contributed by atoms with Gasteiger partial charge in [0.05, 0.1) is 11.1 Å². The van der Waals surface area contributed by atoms with Gasteiger partial charge in [0.25, 0.3) is 0 Å². The summed E-state index contributed by atoms with van der Waals surface area (Å²) in [7, 11) is -2.90. The van der Waals surface area contributed by atoms with Gasteiger partial charge in [-0.3, -0.25) is 9.65 Å². The fraction of sp³-hybridized carbons (Fsp3) is 0.929. The topological polar surface area (TPSA) is 91.7 Å². The van der Waals surface area contributed by atoms with Crippen molar-refractivity contribution >= 4 is 13.6 Å². The van der Waals surface area contributed by atoms with E-state index in [0.29, 0.717) is 12.8 Å². The van der Waals surface area contributed by atoms with Crippen LogP contribution in [-0.4, -0.2) is 58.7 Å². The summed E-state index contributed by atoms with van der Waals surface area (Å²) in [5.74, 6) is 0. The van der Waals surface area contributed by atoms with Crippen LogP contribution < -0.4 is 15.5 Å². The summed E-state index contributed by atoms with van der Waals surface area (Å²) >= 11 is 0. The van der Waals surface area contributed by atoms with Crippen molar-refractivity contribution in [2.45, 2.75) is 57.7 Å². The van der Waals surface area contributed by atoms with E-state index < -0.39 is 24.7 Å². The van der Waals surface area contributed by atoms with Gasteiger partial charge in [0, 0.05) is 45.1 Å². The van der Waals surface area contributed by atoms with Gasteiger partial charge in [0.15, 0.2) is 0 Å². The summed E-state index contributed by atoms with van der Waals surface area (Å²) in [5.41, 5.74) is -0.910. The van der Waals surface area contributed by atoms with Crippen molar-refractivity contribution in [2.24, 2.45) is 0 Å². The average Bonchev–Trinajstić information content (AvgIpc) is 3.27. The van der Waals surface area contributed by atoms with Crippen molar-refractivity contribution in [3.8, 4) is 0 Å². The Morgan fingerprint density at radius 2 is 1.52 bits per heavy atom. The second-order valence-corrected chi connectivity index (χ2v) is 10.7. The molecular weight excluding hydrogens is 317 g/mol. The van der Waals surface area contributed by atoms with Crippen LogP contribution >= 0.6 is 7.59 Å². The van der Waals surface area contributed by atoms with Crippen molar-refractivity contribution in [1.82, 2.24) is 19.7 Å². The summed E-state index contributed by atoms with van der Waals surface area (Å²) in [6.07, 6.45) is 1.22. The van der Waals surface area contributed by atoms with E-state index in [-0.39, 0.29) is 11.1 Å². The number of nitrogens with one attached hydrogen (secondary N) is 3. The molecule has 0 aliphatic carbocycles. The molecule has 23 heavy (non-hydrogen) atoms. The molecule has 3 heterocycles. The molecule has 3 fully saturated rings. The number of nitrogens with zero attached hydrogens (tertiary/aromatic N) is 2. The van der Waals surface area contributed by atoms with E-state index in [1.165, 1.54) is 0 Å². The Kier molecular flexibility index (Phi) is 4.05. The third-order valence-corrected chi connectivity index (χ3v) is 7.77. The Bertz CT molecular complexity index is 511. The lowest BCUT2D eigenvalue weighted by Gasteiger charge is -2.54. The van der Waals surface area contributed by atoms with Gasteiger partial charge in [-0.2, -0.15) is 0 Å². The molecule has 0 atom stereocenters. The quantitative estimate of drug-likeness (QED) is 0.383. The minimum Gasteiger partial charge on any atom is -0.634 e. The first-order valence-electron chi connectivity index (χ1n) is 8.29. The number of hydrogen-bond donors (Lipinski definition) is 3. The maximum Gasteiger partial charge on any atom is 0.322 e. The molecule has 0 spiro atoms. The van der Waals surface area contributed by atoms with Crippen LogP contribution in [-0.2, 0) is 4.57 Å². The van der Waals surface area contributed by atoms with Gasteiger partial charge in [-0.05, 0) is 27.7 Å². The van der Waals surface area contributed by atoms with E-state index in [4.69, 9.17) is 0 Å². The minimum absolute atomic E-state index is 0.0884. The Balaban J connectivity index is 1.62. The molecule has 0 aromatic rings. The van der Waals surface area contributed by atoms with Gasteiger partial charge in [0.1, 0.15) is 0 Å². The van der Waals surface area contributed by atoms with Crippen LogP contribution in [0.1, 0.15) is 40.5 Å². The summed E-state index contributed by atoms with van der Waals surface area (Å²) in [4.78, 5) is 12.4. The van der Waals surface area contributed by atoms with Crippen LogP contribution in [0.25, 0.3) is 0 Å². The average molecular weight is 345 g/mol. The van der Waals surface area contributed by atoms with E-state index in [2.05, 4.69) is 10.4 Å². The summed E-state index contributed by atoms with van der Waals surface area (Å²) < 4.78 is 16.6. The van der Waals surface area contributed by atoms with E-state index >= 15 is 0 Å². The van der Waals surface area contributed by atoms with Crippen molar-refractivity contribution < 1.29 is 14.4 Å². The molecule has 0 radical (unpaired) electrons. The van der Waals surface area contributed by atoms with Gasteiger partial charge in [-0.1, -0.05) is 0 Å². The Morgan fingerprint density at radius 1 is 1.09 bits per heavy atom. The van der Waals surface area contributed by atoms with Crippen LogP contribution in [0, 0.1) is 5.21 Å². The first-order chi connectivity index (χ1) is 10.5. The highest BCUT2D eigenvalue weighted by molar-refractivity contribution is 7.58. The molecule has 3 aliphatic heterocycles. The number of urea groups is 1. The molecule has 2 amide bonds. The minimum atomic E-state index is -2.90. The zero-order valence-corrected chi connectivity index (χ0v) is 15.3. The highest BCUT2D eigenvalue weighted by Gasteiger charge is 2.50. The molecule has 9 heteroatoms. The van der Waals surface area contributed by atoms with Crippen molar-refractivity contribution in [2.75, 3.05) is 26.2 Å². The van der Waals surface area contributed by atoms with Crippen molar-refractivity contribution in [1.29, 1.82) is 0 Å². The summed E-state index contributed by atoms with van der Waals surface area (Å²) in [5, 5.41) is 18.3. The third kappa shape index (κ3) is 3.42. The first-order valence-corrected chi connectivity index (χ1v) is 9.90. The molecule has 0 saturated carbocycles. The first kappa shape index (κ1) is 17.2. The Hall–Kier alpha value is -0.660. The number of amides is 2. The lowest BCUT2D eigenvalue weighted by atomic mass is 9.79. The number of piperidine rings is 1. The monoisotopic (exact) mass is 345 g/mol. The SMILES string of the molecule is CC1(C)CC(NC(=O)NP(=O)(N2CC2)N2CC2)CC(C)(C)[NH+]1[O-]. The highest BCUT2D eigenvalue weighted by atomic mass is 31.2. The van der Waals surface area contributed by atoms with Crippen LogP contribution in [0.4, 0.5) is 4.79 Å². The molecular formula is C14H28N5O3P. The van der Waals surface area contributed by atoms with Crippen LogP contribution in [0.15, 0.2) is 0 Å². The van der Waals surface area contributed by atoms with Crippen LogP contribution in [0.2, 0.25) is 0 Å². The Labute approximate surface area is 137 Å². The van der Waals surface area contributed by atoms with Crippen LogP contribution in [0.5, 0.6) is 0 Å². The largest absolute Gasteiger partial charge is 0.634 e. The maximum absolute atomic E-state index is 12.9.